The van der Waals surface area contributed by atoms with E-state index in [1.54, 1.807) is 6.92 Å². The van der Waals surface area contributed by atoms with Crippen LogP contribution in [0.25, 0.3) is 0 Å². The van der Waals surface area contributed by atoms with Crippen LogP contribution < -0.4 is 5.32 Å². The van der Waals surface area contributed by atoms with Gasteiger partial charge in [0.1, 0.15) is 11.3 Å². The molecule has 1 atom stereocenters. The van der Waals surface area contributed by atoms with Gasteiger partial charge in [0.05, 0.1) is 5.69 Å². The normalized spacial score (nSPS) is 11.8. The molecule has 2 rings (SSSR count). The van der Waals surface area contributed by atoms with Crippen molar-refractivity contribution in [2.24, 2.45) is 0 Å². The molecule has 6 nitrogen and oxygen atoms in total. The maximum Gasteiger partial charge on any atom is 0.344 e. The molecule has 0 fully saturated rings. The van der Waals surface area contributed by atoms with Crippen molar-refractivity contribution < 1.29 is 18.8 Å². The van der Waals surface area contributed by atoms with Crippen LogP contribution in [0.3, 0.4) is 0 Å². The zero-order valence-corrected chi connectivity index (χ0v) is 15.1. The van der Waals surface area contributed by atoms with E-state index in [2.05, 4.69) is 24.3 Å². The highest BCUT2D eigenvalue weighted by atomic mass is 16.5. The Morgan fingerprint density at radius 3 is 2.52 bits per heavy atom. The fourth-order valence-electron chi connectivity index (χ4n) is 2.45. The van der Waals surface area contributed by atoms with Crippen molar-refractivity contribution in [3.8, 4) is 0 Å². The van der Waals surface area contributed by atoms with Crippen LogP contribution in [0.4, 0.5) is 5.69 Å². The SMILES string of the molecule is CCc1noc(C)c1C(=O)OCC(=O)Nc1ccc([C@@H](C)CC)cc1. The number of nitrogens with zero attached hydrogens (tertiary/aromatic N) is 1. The topological polar surface area (TPSA) is 81.4 Å². The molecule has 1 aromatic heterocycles. The number of ether oxygens (including phenoxy) is 1. The number of anilines is 1. The Kier molecular flexibility index (Phi) is 6.33. The Labute approximate surface area is 147 Å². The van der Waals surface area contributed by atoms with Crippen LogP contribution in [0.1, 0.15) is 60.5 Å². The van der Waals surface area contributed by atoms with Crippen molar-refractivity contribution in [2.75, 3.05) is 11.9 Å². The molecule has 6 heteroatoms. The molecule has 0 aliphatic heterocycles. The number of carbonyl (C=O) groups excluding carboxylic acids is 2. The molecule has 0 radical (unpaired) electrons. The second kappa shape index (κ2) is 8.46. The highest BCUT2D eigenvalue weighted by Crippen LogP contribution is 2.20. The first-order valence-corrected chi connectivity index (χ1v) is 8.48. The lowest BCUT2D eigenvalue weighted by molar-refractivity contribution is -0.119. The maximum atomic E-state index is 12.1. The van der Waals surface area contributed by atoms with E-state index < -0.39 is 11.9 Å². The fraction of sp³-hybridized carbons (Fsp3) is 0.421. The molecule has 0 spiro atoms. The molecular formula is C19H24N2O4. The van der Waals surface area contributed by atoms with Crippen molar-refractivity contribution in [3.05, 3.63) is 46.8 Å². The summed E-state index contributed by atoms with van der Waals surface area (Å²) in [5.41, 5.74) is 2.72. The van der Waals surface area contributed by atoms with Gasteiger partial charge in [0.25, 0.3) is 5.91 Å². The largest absolute Gasteiger partial charge is 0.452 e. The number of carbonyl (C=O) groups is 2. The minimum atomic E-state index is -0.599. The number of amides is 1. The van der Waals surface area contributed by atoms with Gasteiger partial charge in [0, 0.05) is 5.69 Å². The summed E-state index contributed by atoms with van der Waals surface area (Å²) in [4.78, 5) is 24.1. The van der Waals surface area contributed by atoms with Gasteiger partial charge in [-0.15, -0.1) is 0 Å². The number of esters is 1. The minimum Gasteiger partial charge on any atom is -0.452 e. The number of hydrogen-bond acceptors (Lipinski definition) is 5. The van der Waals surface area contributed by atoms with E-state index in [9.17, 15) is 9.59 Å². The second-order valence-electron chi connectivity index (χ2n) is 5.97. The van der Waals surface area contributed by atoms with Crippen LogP contribution in [-0.4, -0.2) is 23.6 Å². The molecule has 25 heavy (non-hydrogen) atoms. The lowest BCUT2D eigenvalue weighted by Gasteiger charge is -2.10. The van der Waals surface area contributed by atoms with Gasteiger partial charge in [-0.25, -0.2) is 4.79 Å². The van der Waals surface area contributed by atoms with Crippen LogP contribution in [0.2, 0.25) is 0 Å². The lowest BCUT2D eigenvalue weighted by Crippen LogP contribution is -2.21. The molecule has 0 bridgehead atoms. The average molecular weight is 344 g/mol. The molecule has 1 amide bonds. The van der Waals surface area contributed by atoms with Crippen LogP contribution in [0.5, 0.6) is 0 Å². The molecule has 0 saturated carbocycles. The van der Waals surface area contributed by atoms with Crippen LogP contribution in [0, 0.1) is 6.92 Å². The lowest BCUT2D eigenvalue weighted by atomic mass is 9.99. The van der Waals surface area contributed by atoms with Crippen molar-refractivity contribution in [2.45, 2.75) is 46.5 Å². The van der Waals surface area contributed by atoms with Gasteiger partial charge in [-0.05, 0) is 43.4 Å². The minimum absolute atomic E-state index is 0.299. The standard InChI is InChI=1S/C19H24N2O4/c1-5-12(3)14-7-9-15(10-8-14)20-17(22)11-24-19(23)18-13(4)25-21-16(18)6-2/h7-10,12H,5-6,11H2,1-4H3,(H,20,22)/t12-/m0/s1. The van der Waals surface area contributed by atoms with Crippen molar-refractivity contribution in [3.63, 3.8) is 0 Å². The Morgan fingerprint density at radius 1 is 1.24 bits per heavy atom. The van der Waals surface area contributed by atoms with Crippen molar-refractivity contribution >= 4 is 17.6 Å². The van der Waals surface area contributed by atoms with Gasteiger partial charge in [-0.1, -0.05) is 38.1 Å². The number of hydrogen-bond donors (Lipinski definition) is 1. The van der Waals surface area contributed by atoms with Crippen molar-refractivity contribution in [1.29, 1.82) is 0 Å². The zero-order valence-electron chi connectivity index (χ0n) is 15.1. The first-order valence-electron chi connectivity index (χ1n) is 8.48. The molecule has 1 heterocycles. The number of aromatic nitrogens is 1. The van der Waals surface area contributed by atoms with Gasteiger partial charge in [-0.3, -0.25) is 4.79 Å². The van der Waals surface area contributed by atoms with E-state index in [1.807, 2.05) is 31.2 Å². The van der Waals surface area contributed by atoms with Gasteiger partial charge in [0.15, 0.2) is 6.61 Å². The quantitative estimate of drug-likeness (QED) is 0.772. The monoisotopic (exact) mass is 344 g/mol. The maximum absolute atomic E-state index is 12.1. The van der Waals surface area contributed by atoms with E-state index in [-0.39, 0.29) is 6.61 Å². The zero-order chi connectivity index (χ0) is 18.4. The van der Waals surface area contributed by atoms with Crippen LogP contribution in [-0.2, 0) is 16.0 Å². The molecule has 2 aromatic rings. The Balaban J connectivity index is 1.90. The molecular weight excluding hydrogens is 320 g/mol. The summed E-state index contributed by atoms with van der Waals surface area (Å²) in [7, 11) is 0. The smallest absolute Gasteiger partial charge is 0.344 e. The van der Waals surface area contributed by atoms with Gasteiger partial charge in [-0.2, -0.15) is 0 Å². The van der Waals surface area contributed by atoms with Gasteiger partial charge >= 0.3 is 5.97 Å². The first-order chi connectivity index (χ1) is 12.0. The first kappa shape index (κ1) is 18.7. The highest BCUT2D eigenvalue weighted by Gasteiger charge is 2.21. The molecule has 1 aromatic carbocycles. The van der Waals surface area contributed by atoms with Gasteiger partial charge in [0.2, 0.25) is 0 Å². The third kappa shape index (κ3) is 4.68. The summed E-state index contributed by atoms with van der Waals surface area (Å²) in [5, 5.41) is 6.52. The predicted molar refractivity (Wildman–Crippen MR) is 94.7 cm³/mol. The van der Waals surface area contributed by atoms with E-state index in [0.29, 0.717) is 35.0 Å². The Bertz CT molecular complexity index is 734. The Hall–Kier alpha value is -2.63. The summed E-state index contributed by atoms with van der Waals surface area (Å²) in [6, 6.07) is 7.68. The molecule has 0 aliphatic rings. The predicted octanol–water partition coefficient (Wildman–Crippen LogP) is 3.85. The summed E-state index contributed by atoms with van der Waals surface area (Å²) in [6.07, 6.45) is 1.61. The van der Waals surface area contributed by atoms with E-state index in [1.165, 1.54) is 5.56 Å². The van der Waals surface area contributed by atoms with Gasteiger partial charge < -0.3 is 14.6 Å². The number of benzene rings is 1. The Morgan fingerprint density at radius 2 is 1.92 bits per heavy atom. The number of nitrogens with one attached hydrogen (secondary N) is 1. The van der Waals surface area contributed by atoms with E-state index in [0.717, 1.165) is 6.42 Å². The van der Waals surface area contributed by atoms with Crippen LogP contribution >= 0.6 is 0 Å². The molecule has 0 saturated heterocycles. The average Bonchev–Trinajstić information content (AvgIpc) is 3.00. The molecule has 134 valence electrons. The fourth-order valence-corrected chi connectivity index (χ4v) is 2.45. The van der Waals surface area contributed by atoms with Crippen LogP contribution in [0.15, 0.2) is 28.8 Å². The number of aryl methyl sites for hydroxylation is 2. The van der Waals surface area contributed by atoms with E-state index >= 15 is 0 Å². The van der Waals surface area contributed by atoms with E-state index in [4.69, 9.17) is 9.26 Å². The van der Waals surface area contributed by atoms with Crippen molar-refractivity contribution in [1.82, 2.24) is 5.16 Å². The summed E-state index contributed by atoms with van der Waals surface area (Å²) >= 11 is 0. The second-order valence-corrected chi connectivity index (χ2v) is 5.97. The third-order valence-electron chi connectivity index (χ3n) is 4.18. The molecule has 1 N–H and O–H groups in total. The number of rotatable bonds is 7. The summed E-state index contributed by atoms with van der Waals surface area (Å²) in [5.74, 6) is -0.122. The summed E-state index contributed by atoms with van der Waals surface area (Å²) in [6.45, 7) is 7.44. The summed E-state index contributed by atoms with van der Waals surface area (Å²) < 4.78 is 10.1. The molecule has 0 unspecified atom stereocenters. The third-order valence-corrected chi connectivity index (χ3v) is 4.18. The molecule has 0 aliphatic carbocycles. The highest BCUT2D eigenvalue weighted by molar-refractivity contribution is 5.96.